The second-order valence-corrected chi connectivity index (χ2v) is 6.50. The van der Waals surface area contributed by atoms with E-state index in [0.717, 1.165) is 10.9 Å². The van der Waals surface area contributed by atoms with Crippen LogP contribution in [-0.2, 0) is 10.5 Å². The van der Waals surface area contributed by atoms with Crippen molar-refractivity contribution in [1.82, 2.24) is 15.3 Å². The molecule has 0 fully saturated rings. The lowest BCUT2D eigenvalue weighted by atomic mass is 10.1. The van der Waals surface area contributed by atoms with Gasteiger partial charge in [-0.25, -0.2) is 9.97 Å². The molecule has 0 aliphatic heterocycles. The summed E-state index contributed by atoms with van der Waals surface area (Å²) in [5.74, 6) is 0.625. The molecule has 3 aromatic rings. The lowest BCUT2D eigenvalue weighted by molar-refractivity contribution is 0.0879. The number of methoxy groups -OCH3 is 1. The van der Waals surface area contributed by atoms with Gasteiger partial charge in [-0.15, -0.1) is 0 Å². The van der Waals surface area contributed by atoms with Gasteiger partial charge in [-0.05, 0) is 19.1 Å². The number of furan rings is 1. The zero-order valence-electron chi connectivity index (χ0n) is 14.1. The summed E-state index contributed by atoms with van der Waals surface area (Å²) in [7, 11) is 1.60. The first-order valence-corrected chi connectivity index (χ1v) is 8.87. The summed E-state index contributed by atoms with van der Waals surface area (Å²) < 4.78 is 10.9. The Morgan fingerprint density at radius 2 is 2.04 bits per heavy atom. The number of hydrogen-bond donors (Lipinski definition) is 1. The summed E-state index contributed by atoms with van der Waals surface area (Å²) in [6.07, 6.45) is 3.39. The van der Waals surface area contributed by atoms with Crippen molar-refractivity contribution in [3.8, 4) is 0 Å². The van der Waals surface area contributed by atoms with Crippen LogP contribution in [0.4, 0.5) is 0 Å². The minimum atomic E-state index is -0.245. The summed E-state index contributed by atoms with van der Waals surface area (Å²) in [6, 6.07) is 9.29. The van der Waals surface area contributed by atoms with E-state index in [1.165, 1.54) is 11.8 Å². The molecule has 1 N–H and O–H groups in total. The highest BCUT2D eigenvalue weighted by molar-refractivity contribution is 7.98. The Morgan fingerprint density at radius 1 is 1.28 bits per heavy atom. The van der Waals surface area contributed by atoms with E-state index in [9.17, 15) is 4.79 Å². The number of thioether (sulfide) groups is 1. The standard InChI is InChI=1S/C18H19N3O3S/c1-12(10-23-2)21-17(22)16-14(11-25-18-19-8-5-9-20-18)13-6-3-4-7-15(13)24-16/h3-9,12H,10-11H2,1-2H3,(H,21,22). The van der Waals surface area contributed by atoms with Gasteiger partial charge >= 0.3 is 0 Å². The van der Waals surface area contributed by atoms with E-state index in [4.69, 9.17) is 9.15 Å². The van der Waals surface area contributed by atoms with Crippen LogP contribution in [0.5, 0.6) is 0 Å². The topological polar surface area (TPSA) is 77.2 Å². The van der Waals surface area contributed by atoms with Gasteiger partial charge < -0.3 is 14.5 Å². The molecule has 0 aliphatic carbocycles. The van der Waals surface area contributed by atoms with Crippen molar-refractivity contribution in [3.63, 3.8) is 0 Å². The van der Waals surface area contributed by atoms with Crippen LogP contribution in [0.25, 0.3) is 11.0 Å². The van der Waals surface area contributed by atoms with Crippen LogP contribution < -0.4 is 5.32 Å². The molecular weight excluding hydrogens is 338 g/mol. The molecule has 0 aliphatic rings. The molecule has 1 aromatic carbocycles. The molecule has 3 rings (SSSR count). The van der Waals surface area contributed by atoms with Crippen LogP contribution in [-0.4, -0.2) is 35.6 Å². The van der Waals surface area contributed by atoms with Gasteiger partial charge in [0.1, 0.15) is 5.58 Å². The SMILES string of the molecule is COCC(C)NC(=O)c1oc2ccccc2c1CSc1ncccn1. The van der Waals surface area contributed by atoms with Crippen molar-refractivity contribution in [2.24, 2.45) is 0 Å². The number of para-hydroxylation sites is 1. The van der Waals surface area contributed by atoms with Crippen LogP contribution in [0.15, 0.2) is 52.3 Å². The van der Waals surface area contributed by atoms with Gasteiger partial charge in [-0.3, -0.25) is 4.79 Å². The third-order valence-electron chi connectivity index (χ3n) is 3.59. The summed E-state index contributed by atoms with van der Waals surface area (Å²) >= 11 is 1.47. The molecule has 1 atom stereocenters. The third kappa shape index (κ3) is 4.18. The molecule has 0 saturated heterocycles. The Labute approximate surface area is 150 Å². The first-order chi connectivity index (χ1) is 12.2. The van der Waals surface area contributed by atoms with Gasteiger partial charge in [0.05, 0.1) is 6.61 Å². The normalized spacial score (nSPS) is 12.2. The van der Waals surface area contributed by atoms with Crippen molar-refractivity contribution >= 4 is 28.6 Å². The summed E-state index contributed by atoms with van der Waals surface area (Å²) in [5.41, 5.74) is 1.53. The number of hydrogen-bond acceptors (Lipinski definition) is 6. The van der Waals surface area contributed by atoms with E-state index < -0.39 is 0 Å². The smallest absolute Gasteiger partial charge is 0.287 e. The van der Waals surface area contributed by atoms with E-state index in [1.54, 1.807) is 25.6 Å². The molecule has 1 unspecified atom stereocenters. The maximum absolute atomic E-state index is 12.6. The van der Waals surface area contributed by atoms with Crippen LogP contribution >= 0.6 is 11.8 Å². The molecular formula is C18H19N3O3S. The largest absolute Gasteiger partial charge is 0.451 e. The first-order valence-electron chi connectivity index (χ1n) is 7.89. The van der Waals surface area contributed by atoms with E-state index in [-0.39, 0.29) is 11.9 Å². The number of fused-ring (bicyclic) bond motifs is 1. The third-order valence-corrected chi connectivity index (χ3v) is 4.49. The fourth-order valence-corrected chi connectivity index (χ4v) is 3.33. The van der Waals surface area contributed by atoms with E-state index >= 15 is 0 Å². The Bertz CT molecular complexity index is 851. The van der Waals surface area contributed by atoms with Gasteiger partial charge in [0.2, 0.25) is 0 Å². The van der Waals surface area contributed by atoms with E-state index in [1.807, 2.05) is 31.2 Å². The minimum absolute atomic E-state index is 0.108. The molecule has 7 heteroatoms. The van der Waals surface area contributed by atoms with Crippen molar-refractivity contribution < 1.29 is 13.9 Å². The molecule has 2 heterocycles. The van der Waals surface area contributed by atoms with Crippen LogP contribution in [0, 0.1) is 0 Å². The fourth-order valence-electron chi connectivity index (χ4n) is 2.50. The Hall–Kier alpha value is -2.38. The quantitative estimate of drug-likeness (QED) is 0.516. The molecule has 2 aromatic heterocycles. The zero-order valence-corrected chi connectivity index (χ0v) is 14.9. The van der Waals surface area contributed by atoms with Crippen LogP contribution in [0.2, 0.25) is 0 Å². The maximum atomic E-state index is 12.6. The van der Waals surface area contributed by atoms with Crippen molar-refractivity contribution in [2.75, 3.05) is 13.7 Å². The second kappa shape index (κ2) is 8.13. The van der Waals surface area contributed by atoms with Crippen molar-refractivity contribution in [3.05, 3.63) is 54.0 Å². The van der Waals surface area contributed by atoms with Crippen LogP contribution in [0.3, 0.4) is 0 Å². The van der Waals surface area contributed by atoms with Gasteiger partial charge in [0.15, 0.2) is 10.9 Å². The number of nitrogens with one attached hydrogen (secondary N) is 1. The highest BCUT2D eigenvalue weighted by Gasteiger charge is 2.22. The minimum Gasteiger partial charge on any atom is -0.451 e. The highest BCUT2D eigenvalue weighted by atomic mass is 32.2. The molecule has 6 nitrogen and oxygen atoms in total. The average Bonchev–Trinajstić information content (AvgIpc) is 3.00. The predicted molar refractivity (Wildman–Crippen MR) is 96.6 cm³/mol. The number of ether oxygens (including phenoxy) is 1. The zero-order chi connectivity index (χ0) is 17.6. The Morgan fingerprint density at radius 3 is 2.80 bits per heavy atom. The monoisotopic (exact) mass is 357 g/mol. The number of benzene rings is 1. The van der Waals surface area contributed by atoms with Crippen molar-refractivity contribution in [1.29, 1.82) is 0 Å². The maximum Gasteiger partial charge on any atom is 0.287 e. The second-order valence-electron chi connectivity index (χ2n) is 5.56. The van der Waals surface area contributed by atoms with Crippen molar-refractivity contribution in [2.45, 2.75) is 23.9 Å². The molecule has 0 spiro atoms. The Kier molecular flexibility index (Phi) is 5.67. The van der Waals surface area contributed by atoms with Gasteiger partial charge in [-0.1, -0.05) is 30.0 Å². The first kappa shape index (κ1) is 17.4. The number of carbonyl (C=O) groups excluding carboxylic acids is 1. The number of carbonyl (C=O) groups is 1. The molecule has 130 valence electrons. The Balaban J connectivity index is 1.87. The predicted octanol–water partition coefficient (Wildman–Crippen LogP) is 3.28. The average molecular weight is 357 g/mol. The lowest BCUT2D eigenvalue weighted by Crippen LogP contribution is -2.35. The number of aromatic nitrogens is 2. The number of amides is 1. The molecule has 0 bridgehead atoms. The molecule has 25 heavy (non-hydrogen) atoms. The molecule has 0 radical (unpaired) electrons. The van der Waals surface area contributed by atoms with Crippen LogP contribution in [0.1, 0.15) is 23.0 Å². The highest BCUT2D eigenvalue weighted by Crippen LogP contribution is 2.31. The van der Waals surface area contributed by atoms with Gasteiger partial charge in [0.25, 0.3) is 5.91 Å². The summed E-state index contributed by atoms with van der Waals surface area (Å²) in [4.78, 5) is 21.1. The van der Waals surface area contributed by atoms with Gasteiger partial charge in [0, 0.05) is 42.2 Å². The summed E-state index contributed by atoms with van der Waals surface area (Å²) in [6.45, 7) is 2.32. The van der Waals surface area contributed by atoms with E-state index in [2.05, 4.69) is 15.3 Å². The molecule has 1 amide bonds. The lowest BCUT2D eigenvalue weighted by Gasteiger charge is -2.12. The molecule has 0 saturated carbocycles. The van der Waals surface area contributed by atoms with Gasteiger partial charge in [-0.2, -0.15) is 0 Å². The van der Waals surface area contributed by atoms with E-state index in [0.29, 0.717) is 28.9 Å². The number of nitrogens with zero attached hydrogens (tertiary/aromatic N) is 2. The number of rotatable bonds is 7. The summed E-state index contributed by atoms with van der Waals surface area (Å²) in [5, 5.41) is 4.48. The fraction of sp³-hybridized carbons (Fsp3) is 0.278.